The number of ether oxygens (including phenoxy) is 1. The summed E-state index contributed by atoms with van der Waals surface area (Å²) in [6.45, 7) is 5.97. The van der Waals surface area contributed by atoms with Gasteiger partial charge >= 0.3 is 5.97 Å². The fourth-order valence-electron chi connectivity index (χ4n) is 2.51. The predicted molar refractivity (Wildman–Crippen MR) is 76.2 cm³/mol. The molecule has 1 atom stereocenters. The van der Waals surface area contributed by atoms with Gasteiger partial charge in [0.05, 0.1) is 12.8 Å². The van der Waals surface area contributed by atoms with Crippen LogP contribution in [0.4, 0.5) is 5.95 Å². The molecule has 2 heterocycles. The van der Waals surface area contributed by atoms with Crippen molar-refractivity contribution in [3.8, 4) is 0 Å². The number of anilines is 1. The van der Waals surface area contributed by atoms with Gasteiger partial charge < -0.3 is 10.5 Å². The molecule has 0 saturated heterocycles. The van der Waals surface area contributed by atoms with Gasteiger partial charge in [0, 0.05) is 7.05 Å². The maximum Gasteiger partial charge on any atom is 0.329 e. The van der Waals surface area contributed by atoms with Crippen molar-refractivity contribution in [3.63, 3.8) is 0 Å². The number of fused-ring (bicyclic) bond motifs is 1. The summed E-state index contributed by atoms with van der Waals surface area (Å²) in [5.74, 6) is 0.320. The number of nitrogens with zero attached hydrogens (tertiary/aromatic N) is 4. The monoisotopic (exact) mass is 279 g/mol. The molecule has 0 saturated carbocycles. The molecule has 7 nitrogen and oxygen atoms in total. The lowest BCUT2D eigenvalue weighted by molar-refractivity contribution is -0.145. The molecule has 0 aliphatic carbocycles. The number of carbonyl (C=O) groups is 1. The Bertz CT molecular complexity index is 641. The second kappa shape index (κ2) is 5.15. The van der Waals surface area contributed by atoms with Crippen LogP contribution in [0.1, 0.15) is 32.0 Å². The number of esters is 1. The van der Waals surface area contributed by atoms with Gasteiger partial charge in [-0.25, -0.2) is 9.78 Å². The van der Waals surface area contributed by atoms with Crippen LogP contribution in [0.15, 0.2) is 0 Å². The largest absolute Gasteiger partial charge is 0.467 e. The highest BCUT2D eigenvalue weighted by Crippen LogP contribution is 2.29. The Balaban J connectivity index is 2.63. The molecule has 2 N–H and O–H groups in total. The third-order valence-electron chi connectivity index (χ3n) is 3.34. The Morgan fingerprint density at radius 1 is 1.45 bits per heavy atom. The zero-order chi connectivity index (χ0) is 15.0. The summed E-state index contributed by atoms with van der Waals surface area (Å²) in [6.07, 6.45) is 0.632. The van der Waals surface area contributed by atoms with Crippen molar-refractivity contribution < 1.29 is 9.53 Å². The first kappa shape index (κ1) is 14.4. The molecule has 20 heavy (non-hydrogen) atoms. The molecule has 0 bridgehead atoms. The number of nitrogens with two attached hydrogens (primary N) is 1. The molecule has 0 fully saturated rings. The number of rotatable bonds is 4. The Labute approximate surface area is 117 Å². The van der Waals surface area contributed by atoms with E-state index in [2.05, 4.69) is 23.9 Å². The summed E-state index contributed by atoms with van der Waals surface area (Å²) in [5.41, 5.74) is 8.27. The minimum atomic E-state index is -0.486. The van der Waals surface area contributed by atoms with E-state index in [4.69, 9.17) is 10.5 Å². The van der Waals surface area contributed by atoms with Crippen molar-refractivity contribution in [2.75, 3.05) is 12.8 Å². The maximum atomic E-state index is 12.1. The molecule has 0 aliphatic rings. The molecular formula is C13H21N5O2. The molecule has 0 amide bonds. The Kier molecular flexibility index (Phi) is 3.69. The molecular weight excluding hydrogens is 258 g/mol. The molecule has 1 unspecified atom stereocenters. The van der Waals surface area contributed by atoms with Gasteiger partial charge in [-0.1, -0.05) is 13.8 Å². The lowest BCUT2D eigenvalue weighted by Gasteiger charge is -2.20. The minimum Gasteiger partial charge on any atom is -0.467 e. The maximum absolute atomic E-state index is 12.1. The lowest BCUT2D eigenvalue weighted by Crippen LogP contribution is -2.24. The number of imidazole rings is 1. The number of nitrogen functional groups attached to an aromatic ring is 1. The molecule has 7 heteroatoms. The van der Waals surface area contributed by atoms with E-state index in [1.807, 2.05) is 14.0 Å². The standard InChI is InChI=1S/C13H21N5O2/c1-7(2)6-9(12(19)20-5)18-11-10(15-13(18)14)8(3)16-17(11)4/h7,9H,6H2,1-5H3,(H2,14,15). The third kappa shape index (κ3) is 2.23. The van der Waals surface area contributed by atoms with Crippen LogP contribution >= 0.6 is 0 Å². The number of aromatic nitrogens is 4. The van der Waals surface area contributed by atoms with Crippen LogP contribution in [0.2, 0.25) is 0 Å². The Morgan fingerprint density at radius 3 is 2.65 bits per heavy atom. The van der Waals surface area contributed by atoms with Gasteiger partial charge in [0.25, 0.3) is 0 Å². The van der Waals surface area contributed by atoms with E-state index < -0.39 is 6.04 Å². The van der Waals surface area contributed by atoms with E-state index in [1.165, 1.54) is 7.11 Å². The van der Waals surface area contributed by atoms with Gasteiger partial charge in [-0.05, 0) is 19.3 Å². The first-order chi connectivity index (χ1) is 9.36. The van der Waals surface area contributed by atoms with Crippen LogP contribution in [0.5, 0.6) is 0 Å². The Morgan fingerprint density at radius 2 is 2.10 bits per heavy atom. The van der Waals surface area contributed by atoms with E-state index >= 15 is 0 Å². The number of aryl methyl sites for hydroxylation is 2. The number of hydrogen-bond acceptors (Lipinski definition) is 5. The average molecular weight is 279 g/mol. The first-order valence-corrected chi connectivity index (χ1v) is 6.61. The van der Waals surface area contributed by atoms with Crippen molar-refractivity contribution in [3.05, 3.63) is 5.69 Å². The number of carbonyl (C=O) groups excluding carboxylic acids is 1. The normalized spacial score (nSPS) is 13.1. The summed E-state index contributed by atoms with van der Waals surface area (Å²) in [5, 5.41) is 4.32. The van der Waals surface area contributed by atoms with Crippen LogP contribution in [0.25, 0.3) is 11.2 Å². The fourth-order valence-corrected chi connectivity index (χ4v) is 2.51. The van der Waals surface area contributed by atoms with Crippen molar-refractivity contribution in [1.29, 1.82) is 0 Å². The second-order valence-corrected chi connectivity index (χ2v) is 5.39. The fraction of sp³-hybridized carbons (Fsp3) is 0.615. The third-order valence-corrected chi connectivity index (χ3v) is 3.34. The van der Waals surface area contributed by atoms with Gasteiger partial charge in [-0.2, -0.15) is 5.10 Å². The highest BCUT2D eigenvalue weighted by atomic mass is 16.5. The molecule has 0 aromatic carbocycles. The summed E-state index contributed by atoms with van der Waals surface area (Å²) < 4.78 is 8.34. The molecule has 2 aromatic heterocycles. The van der Waals surface area contributed by atoms with Gasteiger partial charge in [0.2, 0.25) is 5.95 Å². The van der Waals surface area contributed by atoms with Crippen LogP contribution < -0.4 is 5.73 Å². The van der Waals surface area contributed by atoms with E-state index in [1.54, 1.807) is 9.25 Å². The van der Waals surface area contributed by atoms with Crippen molar-refractivity contribution in [1.82, 2.24) is 19.3 Å². The van der Waals surface area contributed by atoms with Crippen LogP contribution in [-0.2, 0) is 16.6 Å². The molecule has 2 aromatic rings. The highest BCUT2D eigenvalue weighted by molar-refractivity contribution is 5.82. The van der Waals surface area contributed by atoms with E-state index in [9.17, 15) is 4.79 Å². The number of hydrogen-bond donors (Lipinski definition) is 1. The number of methoxy groups -OCH3 is 1. The van der Waals surface area contributed by atoms with Gasteiger partial charge in [0.1, 0.15) is 11.6 Å². The predicted octanol–water partition coefficient (Wildman–Crippen LogP) is 1.42. The van der Waals surface area contributed by atoms with Crippen LogP contribution in [0, 0.1) is 12.8 Å². The van der Waals surface area contributed by atoms with Crippen LogP contribution in [0.3, 0.4) is 0 Å². The smallest absolute Gasteiger partial charge is 0.329 e. The highest BCUT2D eigenvalue weighted by Gasteiger charge is 2.28. The van der Waals surface area contributed by atoms with Crippen molar-refractivity contribution in [2.24, 2.45) is 13.0 Å². The molecule has 2 rings (SSSR count). The molecule has 0 aliphatic heterocycles. The second-order valence-electron chi connectivity index (χ2n) is 5.39. The summed E-state index contributed by atoms with van der Waals surface area (Å²) in [6, 6.07) is -0.486. The SMILES string of the molecule is COC(=O)C(CC(C)C)n1c(N)nc2c(C)nn(C)c21. The lowest BCUT2D eigenvalue weighted by atomic mass is 10.0. The zero-order valence-corrected chi connectivity index (χ0v) is 12.5. The molecule has 0 spiro atoms. The van der Waals surface area contributed by atoms with Crippen molar-refractivity contribution >= 4 is 23.1 Å². The average Bonchev–Trinajstić information content (AvgIpc) is 2.84. The van der Waals surface area contributed by atoms with Gasteiger partial charge in [-0.3, -0.25) is 9.25 Å². The summed E-state index contributed by atoms with van der Waals surface area (Å²) >= 11 is 0. The minimum absolute atomic E-state index is 0.312. The summed E-state index contributed by atoms with van der Waals surface area (Å²) in [4.78, 5) is 16.4. The molecule has 0 radical (unpaired) electrons. The van der Waals surface area contributed by atoms with Gasteiger partial charge in [-0.15, -0.1) is 0 Å². The Hall–Kier alpha value is -2.05. The van der Waals surface area contributed by atoms with Crippen molar-refractivity contribution in [2.45, 2.75) is 33.2 Å². The van der Waals surface area contributed by atoms with Crippen LogP contribution in [-0.4, -0.2) is 32.4 Å². The molecule has 110 valence electrons. The van der Waals surface area contributed by atoms with E-state index in [0.717, 1.165) is 16.9 Å². The van der Waals surface area contributed by atoms with E-state index in [-0.39, 0.29) is 5.97 Å². The van der Waals surface area contributed by atoms with Gasteiger partial charge in [0.15, 0.2) is 5.65 Å². The summed E-state index contributed by atoms with van der Waals surface area (Å²) in [7, 11) is 3.20. The topological polar surface area (TPSA) is 88.0 Å². The zero-order valence-electron chi connectivity index (χ0n) is 12.5. The quantitative estimate of drug-likeness (QED) is 0.855. The first-order valence-electron chi connectivity index (χ1n) is 6.61. The van der Waals surface area contributed by atoms with E-state index in [0.29, 0.717) is 18.3 Å².